The Balaban J connectivity index is 0.000000427. The predicted octanol–water partition coefficient (Wildman–Crippen LogP) is -1.90. The van der Waals surface area contributed by atoms with Crippen LogP contribution in [0.1, 0.15) is 20.7 Å². The molecule has 2 aromatic carbocycles. The van der Waals surface area contributed by atoms with Gasteiger partial charge in [-0.3, -0.25) is 0 Å². The van der Waals surface area contributed by atoms with Crippen LogP contribution in [0, 0.1) is 0 Å². The van der Waals surface area contributed by atoms with Gasteiger partial charge in [-0.25, -0.2) is 9.59 Å². The van der Waals surface area contributed by atoms with Gasteiger partial charge in [0.2, 0.25) is 0 Å². The number of carbonyl (C=O) groups is 3. The molecule has 35 heavy (non-hydrogen) atoms. The number of esters is 1. The third-order valence-electron chi connectivity index (χ3n) is 4.24. The highest BCUT2D eigenvalue weighted by Gasteiger charge is 2.31. The summed E-state index contributed by atoms with van der Waals surface area (Å²) >= 11 is 0. The molecule has 0 fully saturated rings. The normalized spacial score (nSPS) is 13.9. The average Bonchev–Trinajstić information content (AvgIpc) is 2.82. The van der Waals surface area contributed by atoms with E-state index in [0.717, 1.165) is 24.3 Å². The SMILES string of the molecule is O=C(O)c1cc(O)c(O)c(O)c1.O=C[C@H](O)[C@@H](O)[C@H](O)[C@H](O)COC(=O)c1cc(O)c(O)c(O)c1. The van der Waals surface area contributed by atoms with Crippen molar-refractivity contribution in [1.82, 2.24) is 0 Å². The van der Waals surface area contributed by atoms with Crippen LogP contribution in [-0.2, 0) is 9.53 Å². The highest BCUT2D eigenvalue weighted by Crippen LogP contribution is 2.36. The minimum Gasteiger partial charge on any atom is -0.504 e. The number of ether oxygens (including phenoxy) is 1. The fraction of sp³-hybridized carbons (Fsp3) is 0.250. The molecule has 4 atom stereocenters. The third kappa shape index (κ3) is 7.61. The minimum atomic E-state index is -1.98. The monoisotopic (exact) mass is 502 g/mol. The number of phenolic OH excluding ortho intramolecular Hbond substituents is 6. The molecule has 0 spiro atoms. The molecule has 15 nitrogen and oxygen atoms in total. The molecule has 0 saturated carbocycles. The smallest absolute Gasteiger partial charge is 0.338 e. The number of rotatable bonds is 8. The number of phenols is 6. The number of benzene rings is 2. The van der Waals surface area contributed by atoms with E-state index in [1.165, 1.54) is 0 Å². The fourth-order valence-electron chi connectivity index (χ4n) is 2.30. The highest BCUT2D eigenvalue weighted by atomic mass is 16.5. The van der Waals surface area contributed by atoms with E-state index >= 15 is 0 Å². The second-order valence-electron chi connectivity index (χ2n) is 6.81. The lowest BCUT2D eigenvalue weighted by Crippen LogP contribution is -2.46. The molecule has 2 aromatic rings. The number of aliphatic hydroxyl groups is 4. The molecular formula is C20H22O15. The molecule has 0 aliphatic heterocycles. The van der Waals surface area contributed by atoms with Crippen molar-refractivity contribution in [3.63, 3.8) is 0 Å². The van der Waals surface area contributed by atoms with E-state index in [1.807, 2.05) is 0 Å². The Bertz CT molecular complexity index is 1020. The first kappa shape index (κ1) is 28.7. The van der Waals surface area contributed by atoms with Crippen molar-refractivity contribution in [2.75, 3.05) is 6.61 Å². The standard InChI is InChI=1S/C13H16O10.C7H6O5/c14-3-8(17)11(20)12(21)9(18)4-23-13(22)5-1-6(15)10(19)7(16)2-5;8-4-1-3(7(11)12)2-5(9)6(4)10/h1-3,8-9,11-12,15-21H,4H2;1-2,8-10H,(H,11,12)/t8-,9+,11+,12+;/m0./s1. The van der Waals surface area contributed by atoms with Gasteiger partial charge < -0.3 is 65.7 Å². The number of hydrogen-bond donors (Lipinski definition) is 11. The number of carbonyl (C=O) groups excluding carboxylic acids is 2. The molecule has 0 radical (unpaired) electrons. The quantitative estimate of drug-likeness (QED) is 0.107. The maximum absolute atomic E-state index is 11.7. The third-order valence-corrected chi connectivity index (χ3v) is 4.24. The van der Waals surface area contributed by atoms with Gasteiger partial charge in [0.15, 0.2) is 40.8 Å². The molecule has 0 amide bonds. The lowest BCUT2D eigenvalue weighted by Gasteiger charge is -2.23. The van der Waals surface area contributed by atoms with Gasteiger partial charge in [0, 0.05) is 0 Å². The number of aldehydes is 1. The molecule has 2 rings (SSSR count). The molecule has 0 bridgehead atoms. The summed E-state index contributed by atoms with van der Waals surface area (Å²) in [6.07, 6.45) is -7.74. The highest BCUT2D eigenvalue weighted by molar-refractivity contribution is 5.91. The summed E-state index contributed by atoms with van der Waals surface area (Å²) < 4.78 is 4.59. The number of aliphatic hydroxyl groups excluding tert-OH is 4. The van der Waals surface area contributed by atoms with E-state index in [2.05, 4.69) is 4.74 Å². The van der Waals surface area contributed by atoms with E-state index in [0.29, 0.717) is 0 Å². The van der Waals surface area contributed by atoms with Crippen LogP contribution in [0.4, 0.5) is 0 Å². The van der Waals surface area contributed by atoms with E-state index in [1.54, 1.807) is 0 Å². The van der Waals surface area contributed by atoms with Crippen molar-refractivity contribution in [2.24, 2.45) is 0 Å². The summed E-state index contributed by atoms with van der Waals surface area (Å²) in [7, 11) is 0. The zero-order valence-corrected chi connectivity index (χ0v) is 17.5. The molecule has 0 aliphatic carbocycles. The second-order valence-corrected chi connectivity index (χ2v) is 6.81. The summed E-state index contributed by atoms with van der Waals surface area (Å²) in [6.45, 7) is -0.814. The zero-order chi connectivity index (χ0) is 27.0. The number of carboxylic acid groups (broad SMARTS) is 1. The average molecular weight is 502 g/mol. The van der Waals surface area contributed by atoms with Gasteiger partial charge in [-0.2, -0.15) is 0 Å². The molecule has 192 valence electrons. The number of aromatic hydroxyl groups is 6. The zero-order valence-electron chi connectivity index (χ0n) is 17.5. The van der Waals surface area contributed by atoms with Crippen molar-refractivity contribution in [2.45, 2.75) is 24.4 Å². The maximum atomic E-state index is 11.7. The molecule has 0 aromatic heterocycles. The summed E-state index contributed by atoms with van der Waals surface area (Å²) in [4.78, 5) is 32.2. The van der Waals surface area contributed by atoms with Crippen molar-refractivity contribution >= 4 is 18.2 Å². The van der Waals surface area contributed by atoms with Crippen LogP contribution in [0.3, 0.4) is 0 Å². The van der Waals surface area contributed by atoms with Gasteiger partial charge in [-0.15, -0.1) is 0 Å². The summed E-state index contributed by atoms with van der Waals surface area (Å²) in [6, 6.07) is 3.28. The molecule has 0 heterocycles. The molecule has 0 unspecified atom stereocenters. The lowest BCUT2D eigenvalue weighted by molar-refractivity contribution is -0.136. The molecule has 11 N–H and O–H groups in total. The maximum Gasteiger partial charge on any atom is 0.338 e. The van der Waals surface area contributed by atoms with Crippen LogP contribution in [-0.4, -0.2) is 105 Å². The van der Waals surface area contributed by atoms with Crippen LogP contribution in [0.5, 0.6) is 34.5 Å². The lowest BCUT2D eigenvalue weighted by atomic mass is 10.0. The van der Waals surface area contributed by atoms with E-state index in [9.17, 15) is 39.9 Å². The summed E-state index contributed by atoms with van der Waals surface area (Å²) in [5.41, 5.74) is -0.643. The Hall–Kier alpha value is -4.31. The molecule has 0 aliphatic rings. The topological polar surface area (TPSA) is 283 Å². The number of hydrogen-bond acceptors (Lipinski definition) is 14. The summed E-state index contributed by atoms with van der Waals surface area (Å²) in [5.74, 6) is -6.83. The van der Waals surface area contributed by atoms with Crippen molar-refractivity contribution in [3.05, 3.63) is 35.4 Å². The first-order valence-electron chi connectivity index (χ1n) is 9.29. The Kier molecular flexibility index (Phi) is 10.0. The molecule has 0 saturated heterocycles. The molecule has 15 heteroatoms. The second kappa shape index (κ2) is 12.2. The molecular weight excluding hydrogens is 480 g/mol. The van der Waals surface area contributed by atoms with Crippen LogP contribution in [0.25, 0.3) is 0 Å². The number of aromatic carboxylic acids is 1. The van der Waals surface area contributed by atoms with Gasteiger partial charge in [-0.05, 0) is 24.3 Å². The minimum absolute atomic E-state index is 0.0470. The largest absolute Gasteiger partial charge is 0.504 e. The van der Waals surface area contributed by atoms with Gasteiger partial charge in [0.05, 0.1) is 11.1 Å². The predicted molar refractivity (Wildman–Crippen MR) is 110 cm³/mol. The Morgan fingerprint density at radius 2 is 1.14 bits per heavy atom. The van der Waals surface area contributed by atoms with E-state index in [4.69, 9.17) is 30.6 Å². The van der Waals surface area contributed by atoms with Crippen LogP contribution in [0.2, 0.25) is 0 Å². The first-order valence-corrected chi connectivity index (χ1v) is 9.29. The first-order chi connectivity index (χ1) is 16.2. The summed E-state index contributed by atoms with van der Waals surface area (Å²) in [5, 5.41) is 99.9. The van der Waals surface area contributed by atoms with Crippen LogP contribution in [0.15, 0.2) is 24.3 Å². The van der Waals surface area contributed by atoms with E-state index in [-0.39, 0.29) is 17.4 Å². The van der Waals surface area contributed by atoms with Crippen molar-refractivity contribution in [1.29, 1.82) is 0 Å². The Morgan fingerprint density at radius 1 is 0.743 bits per heavy atom. The van der Waals surface area contributed by atoms with E-state index < -0.39 is 77.5 Å². The van der Waals surface area contributed by atoms with Crippen molar-refractivity contribution < 1.29 is 75.3 Å². The van der Waals surface area contributed by atoms with Gasteiger partial charge in [0.1, 0.15) is 31.0 Å². The number of carboxylic acids is 1. The Morgan fingerprint density at radius 3 is 1.51 bits per heavy atom. The van der Waals surface area contributed by atoms with Crippen molar-refractivity contribution in [3.8, 4) is 34.5 Å². The van der Waals surface area contributed by atoms with Gasteiger partial charge >= 0.3 is 11.9 Å². The fourth-order valence-corrected chi connectivity index (χ4v) is 2.30. The van der Waals surface area contributed by atoms with Crippen LogP contribution < -0.4 is 0 Å². The van der Waals surface area contributed by atoms with Crippen LogP contribution >= 0.6 is 0 Å². The van der Waals surface area contributed by atoms with Gasteiger partial charge in [-0.1, -0.05) is 0 Å². The Labute approximate surface area is 195 Å². The van der Waals surface area contributed by atoms with Gasteiger partial charge in [0.25, 0.3) is 0 Å².